The molecule has 1 N–H and O–H groups in total. The zero-order valence-corrected chi connectivity index (χ0v) is 15.0. The van der Waals surface area contributed by atoms with Crippen LogP contribution in [-0.4, -0.2) is 25.2 Å². The lowest BCUT2D eigenvalue weighted by Gasteiger charge is -2.21. The number of thiazole rings is 1. The minimum absolute atomic E-state index is 0.239. The van der Waals surface area contributed by atoms with Crippen molar-refractivity contribution in [2.75, 3.05) is 6.54 Å². The van der Waals surface area contributed by atoms with Crippen LogP contribution in [0.25, 0.3) is 10.6 Å². The van der Waals surface area contributed by atoms with Crippen LogP contribution in [0.2, 0.25) is 0 Å². The average Bonchev–Trinajstić information content (AvgIpc) is 3.05. The molecule has 1 aromatic carbocycles. The molecule has 1 aromatic heterocycles. The highest BCUT2D eigenvalue weighted by atomic mass is 32.2. The summed E-state index contributed by atoms with van der Waals surface area (Å²) in [4.78, 5) is 4.50. The Hall–Kier alpha value is -1.31. The van der Waals surface area contributed by atoms with Gasteiger partial charge in [0.2, 0.25) is 10.0 Å². The average molecular weight is 368 g/mol. The standard InChI is InChI=1S/C17H21FN2O2S2/c18-14-8-6-13(7-9-14)17-20-15(12-23-17)10-11-19-24(21,22)16-4-2-1-3-5-16/h6-9,12,16,19H,1-5,10-11H2. The first-order valence-electron chi connectivity index (χ1n) is 8.23. The summed E-state index contributed by atoms with van der Waals surface area (Å²) in [5, 5.41) is 2.50. The molecule has 0 spiro atoms. The van der Waals surface area contributed by atoms with Crippen LogP contribution in [0.5, 0.6) is 0 Å². The lowest BCUT2D eigenvalue weighted by atomic mass is 10.0. The first kappa shape index (κ1) is 17.5. The number of rotatable bonds is 6. The number of benzene rings is 1. The van der Waals surface area contributed by atoms with Gasteiger partial charge in [-0.05, 0) is 37.1 Å². The molecular weight excluding hydrogens is 347 g/mol. The molecule has 1 heterocycles. The van der Waals surface area contributed by atoms with Crippen LogP contribution in [0.3, 0.4) is 0 Å². The molecule has 0 bridgehead atoms. The first-order chi connectivity index (χ1) is 11.5. The van der Waals surface area contributed by atoms with Crippen molar-refractivity contribution < 1.29 is 12.8 Å². The molecule has 7 heteroatoms. The Kier molecular flexibility index (Phi) is 5.63. The molecule has 0 aliphatic heterocycles. The summed E-state index contributed by atoms with van der Waals surface area (Å²) in [6, 6.07) is 6.22. The largest absolute Gasteiger partial charge is 0.241 e. The molecule has 24 heavy (non-hydrogen) atoms. The second kappa shape index (κ2) is 7.72. The van der Waals surface area contributed by atoms with Crippen LogP contribution in [0.1, 0.15) is 37.8 Å². The Labute approximate surface area is 146 Å². The first-order valence-corrected chi connectivity index (χ1v) is 10.7. The van der Waals surface area contributed by atoms with Gasteiger partial charge in [-0.2, -0.15) is 0 Å². The van der Waals surface area contributed by atoms with Crippen molar-refractivity contribution in [2.45, 2.75) is 43.8 Å². The zero-order chi connectivity index (χ0) is 17.0. The van der Waals surface area contributed by atoms with Gasteiger partial charge in [0.05, 0.1) is 10.9 Å². The number of halogens is 1. The normalized spacial score (nSPS) is 16.4. The fourth-order valence-electron chi connectivity index (χ4n) is 2.96. The smallest absolute Gasteiger partial charge is 0.214 e. The van der Waals surface area contributed by atoms with Crippen molar-refractivity contribution in [3.8, 4) is 10.6 Å². The van der Waals surface area contributed by atoms with E-state index in [0.717, 1.165) is 48.4 Å². The summed E-state index contributed by atoms with van der Waals surface area (Å²) in [5.41, 5.74) is 1.72. The maximum absolute atomic E-state index is 13.0. The third-order valence-corrected chi connectivity index (χ3v) is 7.21. The monoisotopic (exact) mass is 368 g/mol. The van der Waals surface area contributed by atoms with Gasteiger partial charge in [0.25, 0.3) is 0 Å². The number of nitrogens with one attached hydrogen (secondary N) is 1. The highest BCUT2D eigenvalue weighted by molar-refractivity contribution is 7.90. The van der Waals surface area contributed by atoms with Gasteiger partial charge in [-0.1, -0.05) is 19.3 Å². The summed E-state index contributed by atoms with van der Waals surface area (Å²) < 4.78 is 40.2. The number of hydrogen-bond acceptors (Lipinski definition) is 4. The van der Waals surface area contributed by atoms with Crippen LogP contribution in [-0.2, 0) is 16.4 Å². The molecule has 2 aromatic rings. The maximum Gasteiger partial charge on any atom is 0.214 e. The molecule has 3 rings (SSSR count). The SMILES string of the molecule is O=S(=O)(NCCc1csc(-c2ccc(F)cc2)n1)C1CCCCC1. The maximum atomic E-state index is 13.0. The third kappa shape index (κ3) is 4.40. The van der Waals surface area contributed by atoms with Gasteiger partial charge < -0.3 is 0 Å². The Balaban J connectivity index is 1.54. The van der Waals surface area contributed by atoms with E-state index >= 15 is 0 Å². The number of sulfonamides is 1. The van der Waals surface area contributed by atoms with Crippen molar-refractivity contribution in [1.29, 1.82) is 0 Å². The Morgan fingerprint density at radius 3 is 2.58 bits per heavy atom. The van der Waals surface area contributed by atoms with Crippen LogP contribution in [0, 0.1) is 5.82 Å². The molecule has 0 unspecified atom stereocenters. The van der Waals surface area contributed by atoms with Gasteiger partial charge in [0.15, 0.2) is 0 Å². The fraction of sp³-hybridized carbons (Fsp3) is 0.471. The van der Waals surface area contributed by atoms with Crippen molar-refractivity contribution in [3.05, 3.63) is 41.2 Å². The van der Waals surface area contributed by atoms with Crippen LogP contribution < -0.4 is 4.72 Å². The molecule has 0 atom stereocenters. The highest BCUT2D eigenvalue weighted by Gasteiger charge is 2.26. The lowest BCUT2D eigenvalue weighted by Crippen LogP contribution is -2.36. The van der Waals surface area contributed by atoms with E-state index in [9.17, 15) is 12.8 Å². The molecular formula is C17H21FN2O2S2. The molecule has 0 saturated heterocycles. The van der Waals surface area contributed by atoms with E-state index in [4.69, 9.17) is 0 Å². The van der Waals surface area contributed by atoms with E-state index in [-0.39, 0.29) is 11.1 Å². The molecule has 1 aliphatic carbocycles. The van der Waals surface area contributed by atoms with E-state index < -0.39 is 10.0 Å². The number of aromatic nitrogens is 1. The zero-order valence-electron chi connectivity index (χ0n) is 13.4. The molecule has 0 amide bonds. The van der Waals surface area contributed by atoms with Gasteiger partial charge in [-0.15, -0.1) is 11.3 Å². The van der Waals surface area contributed by atoms with Crippen LogP contribution >= 0.6 is 11.3 Å². The summed E-state index contributed by atoms with van der Waals surface area (Å²) in [5.74, 6) is -0.271. The summed E-state index contributed by atoms with van der Waals surface area (Å²) in [6.45, 7) is 0.366. The van der Waals surface area contributed by atoms with Crippen LogP contribution in [0.15, 0.2) is 29.6 Å². The van der Waals surface area contributed by atoms with E-state index in [1.807, 2.05) is 5.38 Å². The molecule has 130 valence electrons. The summed E-state index contributed by atoms with van der Waals surface area (Å²) in [7, 11) is -3.22. The second-order valence-corrected chi connectivity index (χ2v) is 9.00. The third-order valence-electron chi connectivity index (χ3n) is 4.32. The van der Waals surface area contributed by atoms with E-state index in [1.165, 1.54) is 23.5 Å². The van der Waals surface area contributed by atoms with Gasteiger partial charge in [-0.25, -0.2) is 22.5 Å². The van der Waals surface area contributed by atoms with Gasteiger partial charge in [0.1, 0.15) is 10.8 Å². The highest BCUT2D eigenvalue weighted by Crippen LogP contribution is 2.25. The molecule has 1 aliphatic rings. The Morgan fingerprint density at radius 2 is 1.88 bits per heavy atom. The van der Waals surface area contributed by atoms with Gasteiger partial charge in [-0.3, -0.25) is 0 Å². The molecule has 1 saturated carbocycles. The van der Waals surface area contributed by atoms with Crippen molar-refractivity contribution in [3.63, 3.8) is 0 Å². The topological polar surface area (TPSA) is 59.1 Å². The Morgan fingerprint density at radius 1 is 1.17 bits per heavy atom. The predicted octanol–water partition coefficient (Wildman–Crippen LogP) is 3.74. The quantitative estimate of drug-likeness (QED) is 0.845. The van der Waals surface area contributed by atoms with Crippen molar-refractivity contribution in [2.24, 2.45) is 0 Å². The summed E-state index contributed by atoms with van der Waals surface area (Å²) >= 11 is 1.48. The molecule has 1 fully saturated rings. The predicted molar refractivity (Wildman–Crippen MR) is 95.0 cm³/mol. The fourth-order valence-corrected chi connectivity index (χ4v) is 5.40. The number of nitrogens with zero attached hydrogens (tertiary/aromatic N) is 1. The Bertz CT molecular complexity index is 766. The minimum atomic E-state index is -3.22. The van der Waals surface area contributed by atoms with Gasteiger partial charge >= 0.3 is 0 Å². The van der Waals surface area contributed by atoms with E-state index in [1.54, 1.807) is 12.1 Å². The number of hydrogen-bond donors (Lipinski definition) is 1. The van der Waals surface area contributed by atoms with Gasteiger partial charge in [0, 0.05) is 23.9 Å². The van der Waals surface area contributed by atoms with Crippen molar-refractivity contribution in [1.82, 2.24) is 9.71 Å². The van der Waals surface area contributed by atoms with Crippen LogP contribution in [0.4, 0.5) is 4.39 Å². The second-order valence-electron chi connectivity index (χ2n) is 6.10. The molecule has 0 radical (unpaired) electrons. The van der Waals surface area contributed by atoms with Crippen molar-refractivity contribution >= 4 is 21.4 Å². The van der Waals surface area contributed by atoms with E-state index in [0.29, 0.717) is 13.0 Å². The van der Waals surface area contributed by atoms with E-state index in [2.05, 4.69) is 9.71 Å². The minimum Gasteiger partial charge on any atom is -0.241 e. The summed E-state index contributed by atoms with van der Waals surface area (Å²) in [6.07, 6.45) is 5.22. The molecule has 4 nitrogen and oxygen atoms in total. The lowest BCUT2D eigenvalue weighted by molar-refractivity contribution is 0.477.